The number of fused-ring (bicyclic) bond motifs is 1. The molecular formula is C22H16N6OS. The molecule has 3 heterocycles. The average molecular weight is 412 g/mol. The summed E-state index contributed by atoms with van der Waals surface area (Å²) in [4.78, 5) is 17.3. The third-order valence-electron chi connectivity index (χ3n) is 4.88. The van der Waals surface area contributed by atoms with Gasteiger partial charge in [-0.15, -0.1) is 0 Å². The summed E-state index contributed by atoms with van der Waals surface area (Å²) in [6.45, 7) is 0.725. The SMILES string of the molecule is N#Cc1c(NC(=O)c2cccc(-n3nccc3-c3ccccc3)c2)nc2n1CCS2. The summed E-state index contributed by atoms with van der Waals surface area (Å²) in [6, 6.07) is 21.3. The van der Waals surface area contributed by atoms with Crippen LogP contribution in [0.5, 0.6) is 0 Å². The van der Waals surface area contributed by atoms with Crippen LogP contribution in [-0.4, -0.2) is 31.0 Å². The number of rotatable bonds is 4. The molecule has 1 amide bonds. The van der Waals surface area contributed by atoms with Crippen molar-refractivity contribution in [1.82, 2.24) is 19.3 Å². The molecular weight excluding hydrogens is 396 g/mol. The van der Waals surface area contributed by atoms with Gasteiger partial charge in [0.25, 0.3) is 5.91 Å². The lowest BCUT2D eigenvalue weighted by Gasteiger charge is -2.10. The number of nitrogens with zero attached hydrogens (tertiary/aromatic N) is 5. The van der Waals surface area contributed by atoms with Crippen LogP contribution >= 0.6 is 11.8 Å². The van der Waals surface area contributed by atoms with Crippen LogP contribution < -0.4 is 5.32 Å². The van der Waals surface area contributed by atoms with Gasteiger partial charge in [0.05, 0.1) is 17.6 Å². The van der Waals surface area contributed by atoms with E-state index < -0.39 is 0 Å². The van der Waals surface area contributed by atoms with Crippen molar-refractivity contribution in [2.75, 3.05) is 11.1 Å². The molecule has 0 radical (unpaired) electrons. The summed E-state index contributed by atoms with van der Waals surface area (Å²) < 4.78 is 3.64. The molecule has 7 nitrogen and oxygen atoms in total. The van der Waals surface area contributed by atoms with Gasteiger partial charge >= 0.3 is 0 Å². The zero-order valence-electron chi connectivity index (χ0n) is 15.8. The lowest BCUT2D eigenvalue weighted by molar-refractivity contribution is 0.102. The summed E-state index contributed by atoms with van der Waals surface area (Å²) >= 11 is 1.58. The average Bonchev–Trinajstić information content (AvgIpc) is 3.50. The minimum Gasteiger partial charge on any atom is -0.308 e. The van der Waals surface area contributed by atoms with Gasteiger partial charge in [0.1, 0.15) is 6.07 Å². The Morgan fingerprint density at radius 1 is 1.13 bits per heavy atom. The first-order chi connectivity index (χ1) is 14.7. The number of nitriles is 1. The van der Waals surface area contributed by atoms with E-state index in [1.807, 2.05) is 53.1 Å². The van der Waals surface area contributed by atoms with E-state index >= 15 is 0 Å². The van der Waals surface area contributed by atoms with Gasteiger partial charge in [-0.1, -0.05) is 48.2 Å². The Labute approximate surface area is 177 Å². The van der Waals surface area contributed by atoms with E-state index in [9.17, 15) is 10.1 Å². The number of benzene rings is 2. The number of amides is 1. The maximum absolute atomic E-state index is 12.9. The minimum absolute atomic E-state index is 0.305. The fraction of sp³-hybridized carbons (Fsp3) is 0.0909. The van der Waals surface area contributed by atoms with Crippen molar-refractivity contribution in [3.8, 4) is 23.0 Å². The molecule has 0 unspecified atom stereocenters. The zero-order chi connectivity index (χ0) is 20.5. The molecule has 0 bridgehead atoms. The number of carbonyl (C=O) groups excluding carboxylic acids is 1. The van der Waals surface area contributed by atoms with Gasteiger partial charge < -0.3 is 9.88 Å². The predicted octanol–water partition coefficient (Wildman–Crippen LogP) is 3.97. The molecule has 4 aromatic rings. The first kappa shape index (κ1) is 18.2. The Bertz CT molecular complexity index is 1280. The molecule has 0 atom stereocenters. The smallest absolute Gasteiger partial charge is 0.256 e. The Hall–Kier alpha value is -3.83. The Balaban J connectivity index is 1.45. The molecule has 0 spiro atoms. The molecule has 8 heteroatoms. The van der Waals surface area contributed by atoms with Crippen molar-refractivity contribution >= 4 is 23.5 Å². The van der Waals surface area contributed by atoms with Crippen LogP contribution in [0.1, 0.15) is 16.1 Å². The van der Waals surface area contributed by atoms with Crippen molar-refractivity contribution < 1.29 is 4.79 Å². The topological polar surface area (TPSA) is 88.5 Å². The van der Waals surface area contributed by atoms with Gasteiger partial charge in [0.2, 0.25) is 0 Å². The van der Waals surface area contributed by atoms with Crippen LogP contribution in [0.4, 0.5) is 5.82 Å². The van der Waals surface area contributed by atoms with Crippen molar-refractivity contribution in [1.29, 1.82) is 5.26 Å². The van der Waals surface area contributed by atoms with Gasteiger partial charge in [-0.3, -0.25) is 4.79 Å². The molecule has 1 N–H and O–H groups in total. The molecule has 30 heavy (non-hydrogen) atoms. The summed E-state index contributed by atoms with van der Waals surface area (Å²) in [5, 5.41) is 17.5. The van der Waals surface area contributed by atoms with Gasteiger partial charge in [-0.2, -0.15) is 10.4 Å². The number of anilines is 1. The third kappa shape index (κ3) is 3.15. The molecule has 146 valence electrons. The van der Waals surface area contributed by atoms with Crippen molar-refractivity contribution in [3.63, 3.8) is 0 Å². The van der Waals surface area contributed by atoms with E-state index in [1.165, 1.54) is 0 Å². The second-order valence-electron chi connectivity index (χ2n) is 6.70. The van der Waals surface area contributed by atoms with Crippen LogP contribution in [0.15, 0.2) is 72.0 Å². The number of thioether (sulfide) groups is 1. The number of nitrogens with one attached hydrogen (secondary N) is 1. The maximum Gasteiger partial charge on any atom is 0.256 e. The predicted molar refractivity (Wildman–Crippen MR) is 115 cm³/mol. The van der Waals surface area contributed by atoms with Crippen LogP contribution in [0.25, 0.3) is 16.9 Å². The second kappa shape index (κ2) is 7.54. The van der Waals surface area contributed by atoms with E-state index in [2.05, 4.69) is 21.5 Å². The molecule has 1 aliphatic heterocycles. The van der Waals surface area contributed by atoms with Crippen LogP contribution in [-0.2, 0) is 6.54 Å². The van der Waals surface area contributed by atoms with Gasteiger partial charge in [0, 0.05) is 23.4 Å². The van der Waals surface area contributed by atoms with Crippen molar-refractivity contribution in [2.45, 2.75) is 11.7 Å². The Kier molecular flexibility index (Phi) is 4.58. The molecule has 0 saturated carbocycles. The van der Waals surface area contributed by atoms with E-state index in [0.717, 1.165) is 34.4 Å². The first-order valence-electron chi connectivity index (χ1n) is 9.39. The quantitative estimate of drug-likeness (QED) is 0.548. The summed E-state index contributed by atoms with van der Waals surface area (Å²) in [7, 11) is 0. The number of carbonyl (C=O) groups is 1. The van der Waals surface area contributed by atoms with Crippen molar-refractivity contribution in [2.24, 2.45) is 0 Å². The molecule has 5 rings (SSSR count). The number of imidazole rings is 1. The van der Waals surface area contributed by atoms with E-state index in [-0.39, 0.29) is 5.91 Å². The van der Waals surface area contributed by atoms with E-state index in [0.29, 0.717) is 17.1 Å². The molecule has 0 aliphatic carbocycles. The van der Waals surface area contributed by atoms with Crippen LogP contribution in [0, 0.1) is 11.3 Å². The normalized spacial score (nSPS) is 12.4. The third-order valence-corrected chi connectivity index (χ3v) is 5.84. The standard InChI is InChI=1S/C22H16N6OS/c23-14-19-20(26-22-27(19)11-12-30-22)25-21(29)16-7-4-8-17(13-16)28-18(9-10-24-28)15-5-2-1-3-6-15/h1-10,13H,11-12H2,(H,25,29). The fourth-order valence-corrected chi connectivity index (χ4v) is 4.42. The summed E-state index contributed by atoms with van der Waals surface area (Å²) in [6.07, 6.45) is 1.73. The summed E-state index contributed by atoms with van der Waals surface area (Å²) in [5.74, 6) is 0.878. The monoisotopic (exact) mass is 412 g/mol. The minimum atomic E-state index is -0.316. The van der Waals surface area contributed by atoms with Crippen molar-refractivity contribution in [3.05, 3.63) is 78.1 Å². The van der Waals surface area contributed by atoms with E-state index in [1.54, 1.807) is 34.8 Å². The highest BCUT2D eigenvalue weighted by Gasteiger charge is 2.23. The lowest BCUT2D eigenvalue weighted by Crippen LogP contribution is -2.14. The maximum atomic E-state index is 12.9. The fourth-order valence-electron chi connectivity index (χ4n) is 3.47. The van der Waals surface area contributed by atoms with E-state index in [4.69, 9.17) is 0 Å². The highest BCUT2D eigenvalue weighted by molar-refractivity contribution is 7.99. The van der Waals surface area contributed by atoms with Gasteiger partial charge in [-0.25, -0.2) is 9.67 Å². The molecule has 0 fully saturated rings. The molecule has 0 saturated heterocycles. The van der Waals surface area contributed by atoms with Gasteiger partial charge in [0.15, 0.2) is 16.7 Å². The van der Waals surface area contributed by atoms with Crippen LogP contribution in [0.2, 0.25) is 0 Å². The number of aromatic nitrogens is 4. The van der Waals surface area contributed by atoms with Crippen LogP contribution in [0.3, 0.4) is 0 Å². The highest BCUT2D eigenvalue weighted by atomic mass is 32.2. The van der Waals surface area contributed by atoms with Gasteiger partial charge in [-0.05, 0) is 24.3 Å². The molecule has 2 aromatic carbocycles. The molecule has 2 aromatic heterocycles. The second-order valence-corrected chi connectivity index (χ2v) is 7.76. The number of hydrogen-bond acceptors (Lipinski definition) is 5. The lowest BCUT2D eigenvalue weighted by atomic mass is 10.1. The highest BCUT2D eigenvalue weighted by Crippen LogP contribution is 2.30. The zero-order valence-corrected chi connectivity index (χ0v) is 16.6. The Morgan fingerprint density at radius 2 is 2.00 bits per heavy atom. The summed E-state index contributed by atoms with van der Waals surface area (Å²) in [5.41, 5.74) is 3.59. The number of hydrogen-bond donors (Lipinski definition) is 1. The molecule has 1 aliphatic rings. The Morgan fingerprint density at radius 3 is 2.83 bits per heavy atom. The largest absolute Gasteiger partial charge is 0.308 e. The first-order valence-corrected chi connectivity index (χ1v) is 10.4.